The second-order valence-electron chi connectivity index (χ2n) is 4.68. The van der Waals surface area contributed by atoms with Crippen LogP contribution < -0.4 is 5.73 Å². The zero-order valence-corrected chi connectivity index (χ0v) is 11.4. The molecule has 5 heteroatoms. The molecule has 2 N–H and O–H groups in total. The van der Waals surface area contributed by atoms with Gasteiger partial charge in [-0.3, -0.25) is 0 Å². The monoisotopic (exact) mass is 289 g/mol. The summed E-state index contributed by atoms with van der Waals surface area (Å²) in [6.45, 7) is 0. The van der Waals surface area contributed by atoms with Crippen molar-refractivity contribution in [3.8, 4) is 0 Å². The number of fused-ring (bicyclic) bond motifs is 1. The van der Waals surface area contributed by atoms with Gasteiger partial charge in [-0.15, -0.1) is 0 Å². The van der Waals surface area contributed by atoms with E-state index in [1.165, 1.54) is 12.1 Å². The van der Waals surface area contributed by atoms with Gasteiger partial charge < -0.3 is 5.73 Å². The molecule has 2 heterocycles. The second kappa shape index (κ2) is 5.23. The largest absolute Gasteiger partial charge is 0.324 e. The van der Waals surface area contributed by atoms with Gasteiger partial charge in [0.05, 0.1) is 11.7 Å². The molecule has 0 radical (unpaired) electrons. The maximum atomic E-state index is 13.3. The minimum atomic E-state index is -0.309. The second-order valence-corrected chi connectivity index (χ2v) is 5.08. The van der Waals surface area contributed by atoms with Gasteiger partial charge in [-0.25, -0.2) is 8.91 Å². The minimum Gasteiger partial charge on any atom is -0.324 e. The van der Waals surface area contributed by atoms with Crippen molar-refractivity contribution in [2.45, 2.75) is 12.5 Å². The van der Waals surface area contributed by atoms with E-state index < -0.39 is 0 Å². The summed E-state index contributed by atoms with van der Waals surface area (Å²) in [4.78, 5) is 0. The highest BCUT2D eigenvalue weighted by molar-refractivity contribution is 6.31. The Hall–Kier alpha value is -1.91. The molecule has 1 aromatic carbocycles. The number of rotatable bonds is 3. The molecule has 0 spiro atoms. The molecule has 102 valence electrons. The molecular weight excluding hydrogens is 277 g/mol. The molecule has 0 aliphatic heterocycles. The lowest BCUT2D eigenvalue weighted by Gasteiger charge is -2.12. The summed E-state index contributed by atoms with van der Waals surface area (Å²) in [5, 5.41) is 4.78. The maximum absolute atomic E-state index is 13.3. The SMILES string of the molecule is NC(Cc1cc(F)ccc1Cl)c1cnn2ccccc12. The molecule has 20 heavy (non-hydrogen) atoms. The Labute approximate surface area is 120 Å². The van der Waals surface area contributed by atoms with Gasteiger partial charge in [0, 0.05) is 22.8 Å². The third kappa shape index (κ3) is 2.40. The van der Waals surface area contributed by atoms with Gasteiger partial charge in [-0.1, -0.05) is 17.7 Å². The first-order chi connectivity index (χ1) is 9.65. The van der Waals surface area contributed by atoms with Crippen molar-refractivity contribution >= 4 is 17.1 Å². The van der Waals surface area contributed by atoms with Crippen LogP contribution in [0.5, 0.6) is 0 Å². The molecule has 2 aromatic heterocycles. The summed E-state index contributed by atoms with van der Waals surface area (Å²) in [5.74, 6) is -0.309. The van der Waals surface area contributed by atoms with Crippen molar-refractivity contribution in [2.24, 2.45) is 5.73 Å². The number of nitrogens with two attached hydrogens (primary N) is 1. The van der Waals surface area contributed by atoms with Gasteiger partial charge in [0.1, 0.15) is 5.82 Å². The number of pyridine rings is 1. The summed E-state index contributed by atoms with van der Waals surface area (Å²) in [5.41, 5.74) is 8.80. The van der Waals surface area contributed by atoms with E-state index in [4.69, 9.17) is 17.3 Å². The molecule has 0 amide bonds. The molecule has 0 saturated heterocycles. The normalized spacial score (nSPS) is 12.8. The minimum absolute atomic E-state index is 0.283. The molecule has 3 aromatic rings. The van der Waals surface area contributed by atoms with Crippen LogP contribution in [0, 0.1) is 5.82 Å². The number of hydrogen-bond acceptors (Lipinski definition) is 2. The number of hydrogen-bond donors (Lipinski definition) is 1. The summed E-state index contributed by atoms with van der Waals surface area (Å²) in [6.07, 6.45) is 4.07. The Morgan fingerprint density at radius 1 is 1.30 bits per heavy atom. The van der Waals surface area contributed by atoms with Crippen molar-refractivity contribution in [3.05, 3.63) is 70.8 Å². The molecule has 0 saturated carbocycles. The molecule has 0 fully saturated rings. The van der Waals surface area contributed by atoms with Crippen molar-refractivity contribution in [1.29, 1.82) is 0 Å². The standard InChI is InChI=1S/C15H13ClFN3/c16-13-5-4-11(17)7-10(13)8-14(18)12-9-19-20-6-2-1-3-15(12)20/h1-7,9,14H,8,18H2. The highest BCUT2D eigenvalue weighted by atomic mass is 35.5. The van der Waals surface area contributed by atoms with Crippen LogP contribution in [0.4, 0.5) is 4.39 Å². The highest BCUT2D eigenvalue weighted by Crippen LogP contribution is 2.25. The van der Waals surface area contributed by atoms with E-state index in [1.54, 1.807) is 16.8 Å². The van der Waals surface area contributed by atoms with E-state index in [0.29, 0.717) is 17.0 Å². The number of benzene rings is 1. The van der Waals surface area contributed by atoms with Gasteiger partial charge in [0.25, 0.3) is 0 Å². The van der Waals surface area contributed by atoms with Gasteiger partial charge in [-0.2, -0.15) is 5.10 Å². The van der Waals surface area contributed by atoms with Crippen molar-refractivity contribution < 1.29 is 4.39 Å². The van der Waals surface area contributed by atoms with Gasteiger partial charge in [0.15, 0.2) is 0 Å². The summed E-state index contributed by atoms with van der Waals surface area (Å²) >= 11 is 6.08. The first kappa shape index (κ1) is 13.1. The van der Waals surface area contributed by atoms with E-state index in [1.807, 2.05) is 24.4 Å². The smallest absolute Gasteiger partial charge is 0.123 e. The average Bonchev–Trinajstić information content (AvgIpc) is 2.87. The summed E-state index contributed by atoms with van der Waals surface area (Å²) in [7, 11) is 0. The van der Waals surface area contributed by atoms with Crippen LogP contribution in [0.2, 0.25) is 5.02 Å². The van der Waals surface area contributed by atoms with E-state index in [0.717, 1.165) is 11.1 Å². The van der Waals surface area contributed by atoms with Crippen molar-refractivity contribution in [3.63, 3.8) is 0 Å². The molecule has 0 aliphatic carbocycles. The van der Waals surface area contributed by atoms with Gasteiger partial charge in [-0.05, 0) is 42.3 Å². The fourth-order valence-corrected chi connectivity index (χ4v) is 2.48. The molecule has 1 atom stereocenters. The average molecular weight is 290 g/mol. The van der Waals surface area contributed by atoms with Crippen molar-refractivity contribution in [1.82, 2.24) is 9.61 Å². The molecule has 1 unspecified atom stereocenters. The number of nitrogens with zero attached hydrogens (tertiary/aromatic N) is 2. The zero-order valence-electron chi connectivity index (χ0n) is 10.6. The van der Waals surface area contributed by atoms with Gasteiger partial charge in [0.2, 0.25) is 0 Å². The van der Waals surface area contributed by atoms with E-state index in [9.17, 15) is 4.39 Å². The predicted octanol–water partition coefficient (Wildman–Crippen LogP) is 3.37. The lowest BCUT2D eigenvalue weighted by molar-refractivity contribution is 0.622. The lowest BCUT2D eigenvalue weighted by Crippen LogP contribution is -2.13. The molecule has 3 nitrogen and oxygen atoms in total. The van der Waals surface area contributed by atoms with Crippen LogP contribution in [0.3, 0.4) is 0 Å². The zero-order chi connectivity index (χ0) is 14.1. The third-order valence-electron chi connectivity index (χ3n) is 3.30. The van der Waals surface area contributed by atoms with Crippen LogP contribution in [-0.4, -0.2) is 9.61 Å². The predicted molar refractivity (Wildman–Crippen MR) is 77.2 cm³/mol. The molecular formula is C15H13ClFN3. The van der Waals surface area contributed by atoms with E-state index in [-0.39, 0.29) is 11.9 Å². The fourth-order valence-electron chi connectivity index (χ4n) is 2.29. The Morgan fingerprint density at radius 2 is 2.15 bits per heavy atom. The third-order valence-corrected chi connectivity index (χ3v) is 3.67. The van der Waals surface area contributed by atoms with Crippen LogP contribution in [0.15, 0.2) is 48.8 Å². The topological polar surface area (TPSA) is 43.3 Å². The Balaban J connectivity index is 1.93. The first-order valence-corrected chi connectivity index (χ1v) is 6.65. The van der Waals surface area contributed by atoms with Crippen LogP contribution in [-0.2, 0) is 6.42 Å². The molecule has 0 aliphatic rings. The van der Waals surface area contributed by atoms with Crippen LogP contribution in [0.1, 0.15) is 17.2 Å². The summed E-state index contributed by atoms with van der Waals surface area (Å²) in [6, 6.07) is 9.82. The maximum Gasteiger partial charge on any atom is 0.123 e. The Kier molecular flexibility index (Phi) is 3.42. The van der Waals surface area contributed by atoms with Crippen LogP contribution >= 0.6 is 11.6 Å². The lowest BCUT2D eigenvalue weighted by atomic mass is 10.0. The summed E-state index contributed by atoms with van der Waals surface area (Å²) < 4.78 is 15.0. The fraction of sp³-hybridized carbons (Fsp3) is 0.133. The van der Waals surface area contributed by atoms with Crippen molar-refractivity contribution in [2.75, 3.05) is 0 Å². The number of aromatic nitrogens is 2. The van der Waals surface area contributed by atoms with Crippen LogP contribution in [0.25, 0.3) is 5.52 Å². The Morgan fingerprint density at radius 3 is 3.00 bits per heavy atom. The van der Waals surface area contributed by atoms with E-state index >= 15 is 0 Å². The van der Waals surface area contributed by atoms with Gasteiger partial charge >= 0.3 is 0 Å². The highest BCUT2D eigenvalue weighted by Gasteiger charge is 2.14. The first-order valence-electron chi connectivity index (χ1n) is 6.27. The quantitative estimate of drug-likeness (QED) is 0.803. The Bertz CT molecular complexity index is 754. The van der Waals surface area contributed by atoms with E-state index in [2.05, 4.69) is 5.10 Å². The molecule has 0 bridgehead atoms. The number of halogens is 2. The molecule has 3 rings (SSSR count).